The number of amides is 2. The molecule has 0 saturated carbocycles. The zero-order valence-electron chi connectivity index (χ0n) is 17.0. The van der Waals surface area contributed by atoms with Crippen LogP contribution in [0, 0.1) is 0 Å². The van der Waals surface area contributed by atoms with Crippen LogP contribution >= 0.6 is 7.68 Å². The molecule has 0 aliphatic carbocycles. The Morgan fingerprint density at radius 2 is 1.72 bits per heavy atom. The fraction of sp³-hybridized carbons (Fsp3) is 0.333. The molecule has 29 heavy (non-hydrogen) atoms. The fourth-order valence-corrected chi connectivity index (χ4v) is 3.75. The van der Waals surface area contributed by atoms with Gasteiger partial charge in [0.1, 0.15) is 5.75 Å². The third-order valence-corrected chi connectivity index (χ3v) is 6.35. The van der Waals surface area contributed by atoms with E-state index in [1.807, 2.05) is 0 Å². The largest absolute Gasteiger partial charge is 0.497 e. The van der Waals surface area contributed by atoms with E-state index in [1.54, 1.807) is 63.4 Å². The summed E-state index contributed by atoms with van der Waals surface area (Å²) in [5.74, 6) is -0.00493. The monoisotopic (exact) mass is 414 g/mol. The van der Waals surface area contributed by atoms with Crippen molar-refractivity contribution in [2.75, 3.05) is 17.3 Å². The van der Waals surface area contributed by atoms with Crippen LogP contribution in [0.1, 0.15) is 43.6 Å². The van der Waals surface area contributed by atoms with Gasteiger partial charge in [-0.1, -0.05) is 6.07 Å². The second-order valence-electron chi connectivity index (χ2n) is 7.93. The molecule has 1 aliphatic heterocycles. The van der Waals surface area contributed by atoms with Gasteiger partial charge in [0.15, 0.2) is 5.28 Å². The maximum atomic E-state index is 13.0. The van der Waals surface area contributed by atoms with E-state index in [0.29, 0.717) is 28.3 Å². The quantitative estimate of drug-likeness (QED) is 0.728. The van der Waals surface area contributed by atoms with E-state index in [-0.39, 0.29) is 11.8 Å². The van der Waals surface area contributed by atoms with Gasteiger partial charge in [-0.3, -0.25) is 14.5 Å². The number of nitrogens with one attached hydrogen (secondary N) is 1. The molecule has 0 saturated heterocycles. The molecule has 0 bridgehead atoms. The molecule has 0 spiro atoms. The maximum absolute atomic E-state index is 13.0. The molecule has 0 aromatic heterocycles. The van der Waals surface area contributed by atoms with Crippen LogP contribution in [-0.4, -0.2) is 24.2 Å². The highest BCUT2D eigenvalue weighted by molar-refractivity contribution is 7.33. The number of carbonyl (C=O) groups is 2. The van der Waals surface area contributed by atoms with Crippen molar-refractivity contribution in [2.45, 2.75) is 38.4 Å². The summed E-state index contributed by atoms with van der Waals surface area (Å²) in [6.45, 7) is 6.45. The lowest BCUT2D eigenvalue weighted by atomic mass is 9.86. The average Bonchev–Trinajstić information content (AvgIpc) is 2.88. The molecule has 2 aromatic carbocycles. The van der Waals surface area contributed by atoms with Gasteiger partial charge in [0.2, 0.25) is 5.91 Å². The Morgan fingerprint density at radius 1 is 1.10 bits per heavy atom. The zero-order chi connectivity index (χ0) is 21.6. The van der Waals surface area contributed by atoms with Gasteiger partial charge < -0.3 is 10.1 Å². The summed E-state index contributed by atoms with van der Waals surface area (Å²) in [7, 11) is -1.36. The van der Waals surface area contributed by atoms with E-state index in [0.717, 1.165) is 0 Å². The number of ether oxygens (including phenoxy) is 1. The molecule has 2 aromatic rings. The van der Waals surface area contributed by atoms with Crippen molar-refractivity contribution in [2.24, 2.45) is 0 Å². The fourth-order valence-electron chi connectivity index (χ4n) is 3.39. The van der Waals surface area contributed by atoms with Gasteiger partial charge in [0, 0.05) is 11.3 Å². The van der Waals surface area contributed by atoms with Crippen molar-refractivity contribution in [1.82, 2.24) is 0 Å². The molecule has 3 rings (SSSR count). The Kier molecular flexibility index (Phi) is 5.13. The first-order chi connectivity index (χ1) is 13.5. The van der Waals surface area contributed by atoms with Crippen molar-refractivity contribution < 1.29 is 23.5 Å². The summed E-state index contributed by atoms with van der Waals surface area (Å²) in [5.41, 5.74) is 1.16. The number of hydrogen-bond acceptors (Lipinski definition) is 5. The number of rotatable bonds is 5. The standard InChI is InChI=1S/C21H23N2O5P/c1-20(2)16-11-6-13(18(24)22-14-7-9-15(28-5)10-8-14)12-17(16)23(19(20)25)21(3,4)29(26)27/h6-12H,1-5H3,(H,22,24). The van der Waals surface area contributed by atoms with E-state index in [4.69, 9.17) is 4.74 Å². The molecule has 0 atom stereocenters. The van der Waals surface area contributed by atoms with Crippen molar-refractivity contribution in [3.05, 3.63) is 53.6 Å². The molecule has 8 heteroatoms. The SMILES string of the molecule is COc1ccc(NC(=O)c2ccc3c(c2)N(C(C)(C)P(=O)=O)C(=O)C3(C)C)cc1. The zero-order valence-corrected chi connectivity index (χ0v) is 17.9. The molecule has 7 nitrogen and oxygen atoms in total. The van der Waals surface area contributed by atoms with Crippen LogP contribution < -0.4 is 15.0 Å². The second kappa shape index (κ2) is 7.16. The van der Waals surface area contributed by atoms with Crippen molar-refractivity contribution in [3.8, 4) is 5.75 Å². The normalized spacial score (nSPS) is 15.1. The first kappa shape index (κ1) is 20.8. The highest BCUT2D eigenvalue weighted by Gasteiger charge is 2.51. The summed E-state index contributed by atoms with van der Waals surface area (Å²) < 4.78 is 28.8. The molecular weight excluding hydrogens is 391 g/mol. The van der Waals surface area contributed by atoms with E-state index in [2.05, 4.69) is 5.32 Å². The third-order valence-electron chi connectivity index (χ3n) is 5.25. The lowest BCUT2D eigenvalue weighted by Crippen LogP contribution is -2.46. The van der Waals surface area contributed by atoms with Crippen LogP contribution in [0.2, 0.25) is 0 Å². The molecule has 0 fully saturated rings. The third kappa shape index (κ3) is 3.47. The number of fused-ring (bicyclic) bond motifs is 1. The van der Waals surface area contributed by atoms with E-state index in [9.17, 15) is 18.7 Å². The summed E-state index contributed by atoms with van der Waals surface area (Å²) in [6.07, 6.45) is 0. The van der Waals surface area contributed by atoms with Crippen LogP contribution in [0.15, 0.2) is 42.5 Å². The van der Waals surface area contributed by atoms with Gasteiger partial charge in [0.05, 0.1) is 18.2 Å². The lowest BCUT2D eigenvalue weighted by molar-refractivity contribution is -0.122. The molecule has 1 N–H and O–H groups in total. The van der Waals surface area contributed by atoms with Gasteiger partial charge in [-0.15, -0.1) is 0 Å². The highest BCUT2D eigenvalue weighted by atomic mass is 31.1. The first-order valence-electron chi connectivity index (χ1n) is 9.09. The van der Waals surface area contributed by atoms with E-state index >= 15 is 0 Å². The highest BCUT2D eigenvalue weighted by Crippen LogP contribution is 2.48. The van der Waals surface area contributed by atoms with Crippen LogP contribution in [0.4, 0.5) is 11.4 Å². The Labute approximate surface area is 169 Å². The predicted molar refractivity (Wildman–Crippen MR) is 110 cm³/mol. The minimum absolute atomic E-state index is 0.315. The number of benzene rings is 2. The van der Waals surface area contributed by atoms with Gasteiger partial charge in [-0.2, -0.15) is 0 Å². The average molecular weight is 414 g/mol. The molecule has 1 heterocycles. The molecule has 2 amide bonds. The molecule has 1 aliphatic rings. The maximum Gasteiger partial charge on any atom is 0.341 e. The van der Waals surface area contributed by atoms with Gasteiger partial charge in [-0.25, -0.2) is 9.13 Å². The van der Waals surface area contributed by atoms with Gasteiger partial charge in [-0.05, 0) is 69.7 Å². The van der Waals surface area contributed by atoms with Gasteiger partial charge >= 0.3 is 7.68 Å². The first-order valence-corrected chi connectivity index (χ1v) is 10.3. The minimum atomic E-state index is -2.92. The van der Waals surface area contributed by atoms with Crippen LogP contribution in [0.5, 0.6) is 5.75 Å². The number of nitrogens with zero attached hydrogens (tertiary/aromatic N) is 1. The lowest BCUT2D eigenvalue weighted by Gasteiger charge is -2.30. The second-order valence-corrected chi connectivity index (χ2v) is 9.54. The predicted octanol–water partition coefficient (Wildman–Crippen LogP) is 4.48. The number of anilines is 2. The Bertz CT molecular complexity index is 1050. The minimum Gasteiger partial charge on any atom is -0.497 e. The number of methoxy groups -OCH3 is 1. The molecule has 0 radical (unpaired) electrons. The Balaban J connectivity index is 1.99. The van der Waals surface area contributed by atoms with Crippen molar-refractivity contribution in [3.63, 3.8) is 0 Å². The van der Waals surface area contributed by atoms with Crippen LogP contribution in [0.3, 0.4) is 0 Å². The summed E-state index contributed by atoms with van der Waals surface area (Å²) in [5, 5.41) is 1.37. The Morgan fingerprint density at radius 3 is 2.28 bits per heavy atom. The summed E-state index contributed by atoms with van der Waals surface area (Å²) in [4.78, 5) is 27.0. The van der Waals surface area contributed by atoms with Crippen molar-refractivity contribution >= 4 is 30.9 Å². The van der Waals surface area contributed by atoms with Crippen molar-refractivity contribution in [1.29, 1.82) is 0 Å². The summed E-state index contributed by atoms with van der Waals surface area (Å²) in [6, 6.07) is 11.8. The molecular formula is C21H23N2O5P. The topological polar surface area (TPSA) is 92.8 Å². The molecule has 152 valence electrons. The smallest absolute Gasteiger partial charge is 0.341 e. The van der Waals surface area contributed by atoms with E-state index < -0.39 is 18.4 Å². The number of carbonyl (C=O) groups excluding carboxylic acids is 2. The van der Waals surface area contributed by atoms with Gasteiger partial charge in [0.25, 0.3) is 5.91 Å². The van der Waals surface area contributed by atoms with E-state index in [1.165, 1.54) is 18.7 Å². The molecule has 0 unspecified atom stereocenters. The van der Waals surface area contributed by atoms with Crippen LogP contribution in [-0.2, 0) is 19.3 Å². The summed E-state index contributed by atoms with van der Waals surface area (Å²) >= 11 is 0. The van der Waals surface area contributed by atoms with Crippen LogP contribution in [0.25, 0.3) is 0 Å². The number of hydrogen-bond donors (Lipinski definition) is 1. The Hall–Kier alpha value is -2.92.